The fourth-order valence-corrected chi connectivity index (χ4v) is 4.70. The van der Waals surface area contributed by atoms with Gasteiger partial charge in [0.1, 0.15) is 19.1 Å². The number of nitrogens with zero attached hydrogens (tertiary/aromatic N) is 1. The maximum Gasteiger partial charge on any atom is 0.323 e. The molecule has 1 aliphatic heterocycles. The number of carboxylic acid groups (broad SMARTS) is 1. The molecule has 0 saturated carbocycles. The number of hydrogen-bond acceptors (Lipinski definition) is 5. The molecule has 31 heavy (non-hydrogen) atoms. The first kappa shape index (κ1) is 27.5. The lowest BCUT2D eigenvalue weighted by molar-refractivity contribution is -0.147. The fraction of sp³-hybridized carbons (Fsp3) is 0.500. The first-order valence-electron chi connectivity index (χ1n) is 10.4. The molecule has 5 N–H and O–H groups in total. The van der Waals surface area contributed by atoms with Crippen LogP contribution >= 0.6 is 24.8 Å². The van der Waals surface area contributed by atoms with Crippen molar-refractivity contribution >= 4 is 49.4 Å². The van der Waals surface area contributed by atoms with Gasteiger partial charge in [-0.15, -0.1) is 24.8 Å². The first-order valence-corrected chi connectivity index (χ1v) is 10.4. The van der Waals surface area contributed by atoms with Gasteiger partial charge in [-0.05, 0) is 72.6 Å². The molecule has 0 bridgehead atoms. The minimum atomic E-state index is -1.26. The highest BCUT2D eigenvalue weighted by atomic mass is 35.5. The van der Waals surface area contributed by atoms with E-state index in [2.05, 4.69) is 11.0 Å². The highest BCUT2D eigenvalue weighted by Crippen LogP contribution is 2.37. The summed E-state index contributed by atoms with van der Waals surface area (Å²) < 4.78 is 0. The van der Waals surface area contributed by atoms with E-state index in [0.29, 0.717) is 12.8 Å². The maximum atomic E-state index is 12.1. The number of aliphatic hydroxyl groups is 1. The van der Waals surface area contributed by atoms with Crippen LogP contribution in [0.5, 0.6) is 5.75 Å². The zero-order valence-corrected chi connectivity index (χ0v) is 19.5. The summed E-state index contributed by atoms with van der Waals surface area (Å²) >= 11 is 0. The molecule has 1 aliphatic rings. The van der Waals surface area contributed by atoms with Crippen LogP contribution in [-0.4, -0.2) is 59.3 Å². The summed E-state index contributed by atoms with van der Waals surface area (Å²) in [5.74, 6) is -0.952. The van der Waals surface area contributed by atoms with Gasteiger partial charge in [-0.1, -0.05) is 30.7 Å². The number of fused-ring (bicyclic) bond motifs is 1. The van der Waals surface area contributed by atoms with Crippen LogP contribution in [0.1, 0.15) is 31.2 Å². The molecule has 2 atom stereocenters. The monoisotopic (exact) mass is 470 g/mol. The van der Waals surface area contributed by atoms with E-state index in [4.69, 9.17) is 10.8 Å². The zero-order valence-electron chi connectivity index (χ0n) is 17.9. The summed E-state index contributed by atoms with van der Waals surface area (Å²) in [4.78, 5) is 14.4. The van der Waals surface area contributed by atoms with Crippen molar-refractivity contribution in [2.24, 2.45) is 11.7 Å². The molecule has 1 heterocycles. The third-order valence-corrected chi connectivity index (χ3v) is 6.59. The van der Waals surface area contributed by atoms with Crippen LogP contribution < -0.4 is 5.73 Å². The quantitative estimate of drug-likeness (QED) is 0.441. The molecule has 2 unspecified atom stereocenters. The van der Waals surface area contributed by atoms with Crippen LogP contribution in [0.4, 0.5) is 0 Å². The molecule has 2 aromatic rings. The molecule has 6 nitrogen and oxygen atoms in total. The van der Waals surface area contributed by atoms with Crippen molar-refractivity contribution in [1.82, 2.24) is 4.90 Å². The molecular weight excluding hydrogens is 438 g/mol. The molecule has 3 rings (SSSR count). The van der Waals surface area contributed by atoms with Crippen LogP contribution in [0.15, 0.2) is 36.4 Å². The molecule has 0 amide bonds. The van der Waals surface area contributed by atoms with Crippen LogP contribution in [0.25, 0.3) is 10.8 Å². The van der Waals surface area contributed by atoms with E-state index in [-0.39, 0.29) is 48.9 Å². The van der Waals surface area contributed by atoms with E-state index in [1.54, 1.807) is 12.1 Å². The number of phenolic OH excluding ortho intramolecular Hbond substituents is 1. The second-order valence-electron chi connectivity index (χ2n) is 8.38. The Kier molecular flexibility index (Phi) is 10.6. The number of halogens is 2. The lowest BCUT2D eigenvalue weighted by Gasteiger charge is -2.43. The van der Waals surface area contributed by atoms with Gasteiger partial charge in [-0.25, -0.2) is 0 Å². The number of aliphatic hydroxyl groups excluding tert-OH is 1. The van der Waals surface area contributed by atoms with E-state index in [0.717, 1.165) is 48.8 Å². The van der Waals surface area contributed by atoms with Crippen LogP contribution in [0.2, 0.25) is 5.82 Å². The van der Waals surface area contributed by atoms with Crippen molar-refractivity contribution in [3.05, 3.63) is 42.0 Å². The Morgan fingerprint density at radius 2 is 1.90 bits per heavy atom. The minimum Gasteiger partial charge on any atom is -0.508 e. The van der Waals surface area contributed by atoms with E-state index in [1.165, 1.54) is 0 Å². The van der Waals surface area contributed by atoms with E-state index < -0.39 is 11.5 Å². The molecule has 0 aliphatic carbocycles. The number of phenols is 1. The zero-order chi connectivity index (χ0) is 21.0. The molecular formula is C22H33BCl2N2O4. The average molecular weight is 471 g/mol. The molecule has 9 heteroatoms. The van der Waals surface area contributed by atoms with Gasteiger partial charge in [-0.3, -0.25) is 9.69 Å². The minimum absolute atomic E-state index is 0. The molecule has 2 aromatic carbocycles. The van der Waals surface area contributed by atoms with Gasteiger partial charge in [0.2, 0.25) is 0 Å². The first-order chi connectivity index (χ1) is 13.9. The molecule has 0 radical (unpaired) electrons. The lowest BCUT2D eigenvalue weighted by Crippen LogP contribution is -2.59. The SMILES string of the molecule is BC(CCCO)C(N)(C(=O)O)C1CCN(Cc2cccc3ccc(O)cc23)CC1.Cl.Cl. The predicted octanol–water partition coefficient (Wildman–Crippen LogP) is 2.58. The van der Waals surface area contributed by atoms with Crippen molar-refractivity contribution in [1.29, 1.82) is 0 Å². The summed E-state index contributed by atoms with van der Waals surface area (Å²) in [7, 11) is 1.89. The third kappa shape index (κ3) is 6.05. The number of hydrogen-bond donors (Lipinski definition) is 4. The van der Waals surface area contributed by atoms with Gasteiger partial charge in [0.05, 0.1) is 0 Å². The van der Waals surface area contributed by atoms with Crippen LogP contribution in [0.3, 0.4) is 0 Å². The van der Waals surface area contributed by atoms with Crippen molar-refractivity contribution in [2.45, 2.75) is 43.6 Å². The summed E-state index contributed by atoms with van der Waals surface area (Å²) in [5.41, 5.74) is 6.36. The number of carbonyl (C=O) groups is 1. The topological polar surface area (TPSA) is 107 Å². The summed E-state index contributed by atoms with van der Waals surface area (Å²) in [6, 6.07) is 11.6. The Morgan fingerprint density at radius 1 is 1.23 bits per heavy atom. The maximum absolute atomic E-state index is 12.1. The second kappa shape index (κ2) is 11.9. The van der Waals surface area contributed by atoms with Gasteiger partial charge < -0.3 is 21.1 Å². The van der Waals surface area contributed by atoms with Crippen molar-refractivity contribution in [3.63, 3.8) is 0 Å². The van der Waals surface area contributed by atoms with Gasteiger partial charge in [-0.2, -0.15) is 0 Å². The summed E-state index contributed by atoms with van der Waals surface area (Å²) in [6.07, 6.45) is 2.66. The molecule has 0 aromatic heterocycles. The lowest BCUT2D eigenvalue weighted by atomic mass is 9.61. The summed E-state index contributed by atoms with van der Waals surface area (Å²) in [5, 5.41) is 31.0. The van der Waals surface area contributed by atoms with Crippen molar-refractivity contribution in [2.75, 3.05) is 19.7 Å². The standard InChI is InChI=1S/C22H31BN2O4.2ClH/c23-20(5-2-12-26)22(24,21(28)29)17-8-10-25(11-9-17)14-16-4-1-3-15-6-7-18(27)13-19(15)16;;/h1,3-4,6-7,13,17,20,26-27H,2,5,8-12,14,23-24H2,(H,28,29);2*1H. The highest BCUT2D eigenvalue weighted by Gasteiger charge is 2.46. The van der Waals surface area contributed by atoms with Gasteiger partial charge >= 0.3 is 5.97 Å². The Labute approximate surface area is 197 Å². The number of aromatic hydroxyl groups is 1. The van der Waals surface area contributed by atoms with Crippen LogP contribution in [-0.2, 0) is 11.3 Å². The normalized spacial score (nSPS) is 17.9. The fourth-order valence-electron chi connectivity index (χ4n) is 4.70. The highest BCUT2D eigenvalue weighted by molar-refractivity contribution is 6.15. The Balaban J connectivity index is 0.00000240. The van der Waals surface area contributed by atoms with Crippen molar-refractivity contribution in [3.8, 4) is 5.75 Å². The van der Waals surface area contributed by atoms with E-state index in [9.17, 15) is 15.0 Å². The smallest absolute Gasteiger partial charge is 0.323 e. The predicted molar refractivity (Wildman–Crippen MR) is 131 cm³/mol. The Morgan fingerprint density at radius 3 is 2.52 bits per heavy atom. The molecule has 0 spiro atoms. The Bertz CT molecular complexity index is 865. The molecule has 1 saturated heterocycles. The molecule has 172 valence electrons. The van der Waals surface area contributed by atoms with Gasteiger partial charge in [0.25, 0.3) is 0 Å². The molecule has 1 fully saturated rings. The van der Waals surface area contributed by atoms with Gasteiger partial charge in [0.15, 0.2) is 0 Å². The number of likely N-dealkylation sites (tertiary alicyclic amines) is 1. The average Bonchev–Trinajstić information content (AvgIpc) is 2.72. The van der Waals surface area contributed by atoms with Crippen molar-refractivity contribution < 1.29 is 20.1 Å². The third-order valence-electron chi connectivity index (χ3n) is 6.59. The number of benzene rings is 2. The number of carboxylic acids is 1. The van der Waals surface area contributed by atoms with E-state index >= 15 is 0 Å². The summed E-state index contributed by atoms with van der Waals surface area (Å²) in [6.45, 7) is 2.40. The van der Waals surface area contributed by atoms with E-state index in [1.807, 2.05) is 26.0 Å². The number of nitrogens with two attached hydrogens (primary N) is 1. The number of rotatable bonds is 8. The Hall–Kier alpha value is -1.51. The second-order valence-corrected chi connectivity index (χ2v) is 8.38. The largest absolute Gasteiger partial charge is 0.508 e. The number of piperidine rings is 1. The van der Waals surface area contributed by atoms with Crippen LogP contribution in [0, 0.1) is 5.92 Å². The number of aliphatic carboxylic acids is 1. The van der Waals surface area contributed by atoms with Gasteiger partial charge in [0, 0.05) is 13.2 Å².